The number of carbonyl (C=O) groups excluding carboxylic acids is 1. The van der Waals surface area contributed by atoms with E-state index in [0.29, 0.717) is 24.6 Å². The molecule has 0 spiro atoms. The van der Waals surface area contributed by atoms with Gasteiger partial charge in [0.2, 0.25) is 0 Å². The van der Waals surface area contributed by atoms with Gasteiger partial charge in [-0.25, -0.2) is 0 Å². The zero-order valence-electron chi connectivity index (χ0n) is 12.6. The Morgan fingerprint density at radius 2 is 2.00 bits per heavy atom. The van der Waals surface area contributed by atoms with Gasteiger partial charge in [-0.3, -0.25) is 4.79 Å². The number of hydrogen-bond donors (Lipinski definition) is 2. The van der Waals surface area contributed by atoms with Gasteiger partial charge in [-0.15, -0.1) is 0 Å². The number of hydrogen-bond acceptors (Lipinski definition) is 3. The van der Waals surface area contributed by atoms with Crippen LogP contribution in [0.15, 0.2) is 24.3 Å². The summed E-state index contributed by atoms with van der Waals surface area (Å²) in [6.07, 6.45) is 1.13. The summed E-state index contributed by atoms with van der Waals surface area (Å²) in [5.74, 6) is 0.887. The first kappa shape index (κ1) is 16.5. The summed E-state index contributed by atoms with van der Waals surface area (Å²) in [5.41, 5.74) is 1.16. The number of aliphatic hydroxyl groups is 1. The zero-order valence-corrected chi connectivity index (χ0v) is 12.6. The fraction of sp³-hybridized carbons (Fsp3) is 0.562. The van der Waals surface area contributed by atoms with Crippen LogP contribution in [-0.4, -0.2) is 30.3 Å². The summed E-state index contributed by atoms with van der Waals surface area (Å²) in [7, 11) is 0. The van der Waals surface area contributed by atoms with Crippen molar-refractivity contribution in [1.82, 2.24) is 5.32 Å². The average molecular weight is 279 g/mol. The standard InChI is InChI=1S/C16H25NO3/c1-4-14(9-10-18)11-17-16(19)13(3)20-15-7-5-12(2)6-8-15/h5-8,13-14,18H,4,9-11H2,1-3H3,(H,17,19). The summed E-state index contributed by atoms with van der Waals surface area (Å²) < 4.78 is 5.60. The molecule has 1 aromatic carbocycles. The van der Waals surface area contributed by atoms with Crippen LogP contribution in [0.1, 0.15) is 32.3 Å². The molecular weight excluding hydrogens is 254 g/mol. The molecule has 0 radical (unpaired) electrons. The van der Waals surface area contributed by atoms with Gasteiger partial charge in [-0.05, 0) is 38.3 Å². The largest absolute Gasteiger partial charge is 0.481 e. The molecule has 2 unspecified atom stereocenters. The van der Waals surface area contributed by atoms with Gasteiger partial charge in [0.15, 0.2) is 6.10 Å². The Labute approximate surface area is 121 Å². The van der Waals surface area contributed by atoms with Crippen LogP contribution in [0.4, 0.5) is 0 Å². The molecule has 0 aliphatic rings. The van der Waals surface area contributed by atoms with Crippen molar-refractivity contribution in [3.8, 4) is 5.75 Å². The molecule has 2 N–H and O–H groups in total. The van der Waals surface area contributed by atoms with Crippen LogP contribution >= 0.6 is 0 Å². The van der Waals surface area contributed by atoms with Crippen molar-refractivity contribution in [1.29, 1.82) is 0 Å². The molecule has 0 heterocycles. The summed E-state index contributed by atoms with van der Waals surface area (Å²) in [6, 6.07) is 7.63. The van der Waals surface area contributed by atoms with Gasteiger partial charge in [-0.1, -0.05) is 31.0 Å². The van der Waals surface area contributed by atoms with Gasteiger partial charge >= 0.3 is 0 Å². The minimum Gasteiger partial charge on any atom is -0.481 e. The van der Waals surface area contributed by atoms with E-state index < -0.39 is 6.10 Å². The van der Waals surface area contributed by atoms with E-state index in [9.17, 15) is 4.79 Å². The van der Waals surface area contributed by atoms with Gasteiger partial charge < -0.3 is 15.2 Å². The monoisotopic (exact) mass is 279 g/mol. The van der Waals surface area contributed by atoms with Crippen molar-refractivity contribution in [2.75, 3.05) is 13.2 Å². The third-order valence-corrected chi connectivity index (χ3v) is 3.38. The van der Waals surface area contributed by atoms with E-state index >= 15 is 0 Å². The van der Waals surface area contributed by atoms with E-state index in [1.165, 1.54) is 0 Å². The second kappa shape index (κ2) is 8.59. The third kappa shape index (κ3) is 5.61. The van der Waals surface area contributed by atoms with Gasteiger partial charge in [0.05, 0.1) is 0 Å². The summed E-state index contributed by atoms with van der Waals surface area (Å²) in [4.78, 5) is 11.9. The third-order valence-electron chi connectivity index (χ3n) is 3.38. The molecule has 4 nitrogen and oxygen atoms in total. The average Bonchev–Trinajstić information content (AvgIpc) is 2.45. The van der Waals surface area contributed by atoms with E-state index in [-0.39, 0.29) is 12.5 Å². The second-order valence-electron chi connectivity index (χ2n) is 5.10. The number of ether oxygens (including phenoxy) is 1. The normalized spacial score (nSPS) is 13.6. The first-order chi connectivity index (χ1) is 9.56. The molecule has 1 rings (SSSR count). The Balaban J connectivity index is 2.40. The van der Waals surface area contributed by atoms with Crippen LogP contribution < -0.4 is 10.1 Å². The Morgan fingerprint density at radius 1 is 1.35 bits per heavy atom. The number of rotatable bonds is 8. The second-order valence-corrected chi connectivity index (χ2v) is 5.10. The zero-order chi connectivity index (χ0) is 15.0. The lowest BCUT2D eigenvalue weighted by Gasteiger charge is -2.18. The number of amides is 1. The molecule has 0 saturated carbocycles. The highest BCUT2D eigenvalue weighted by atomic mass is 16.5. The lowest BCUT2D eigenvalue weighted by atomic mass is 10.0. The molecule has 0 aliphatic heterocycles. The lowest BCUT2D eigenvalue weighted by molar-refractivity contribution is -0.127. The molecule has 0 bridgehead atoms. The van der Waals surface area contributed by atoms with E-state index in [1.807, 2.05) is 31.2 Å². The Morgan fingerprint density at radius 3 is 2.55 bits per heavy atom. The molecule has 1 amide bonds. The first-order valence-corrected chi connectivity index (χ1v) is 7.18. The smallest absolute Gasteiger partial charge is 0.260 e. The number of nitrogens with one attached hydrogen (secondary N) is 1. The number of aliphatic hydroxyl groups excluding tert-OH is 1. The Hall–Kier alpha value is -1.55. The molecule has 0 aliphatic carbocycles. The predicted molar refractivity (Wildman–Crippen MR) is 79.8 cm³/mol. The molecule has 0 saturated heterocycles. The van der Waals surface area contributed by atoms with Crippen molar-refractivity contribution < 1.29 is 14.6 Å². The van der Waals surface area contributed by atoms with Gasteiger partial charge in [-0.2, -0.15) is 0 Å². The van der Waals surface area contributed by atoms with Crippen LogP contribution in [0.25, 0.3) is 0 Å². The maximum Gasteiger partial charge on any atom is 0.260 e. The van der Waals surface area contributed by atoms with Crippen molar-refractivity contribution in [3.63, 3.8) is 0 Å². The van der Waals surface area contributed by atoms with E-state index in [1.54, 1.807) is 6.92 Å². The summed E-state index contributed by atoms with van der Waals surface area (Å²) in [5, 5.41) is 11.8. The molecule has 4 heteroatoms. The fourth-order valence-electron chi connectivity index (χ4n) is 1.90. The topological polar surface area (TPSA) is 58.6 Å². The minimum absolute atomic E-state index is 0.123. The molecular formula is C16H25NO3. The maximum absolute atomic E-state index is 11.9. The molecule has 20 heavy (non-hydrogen) atoms. The van der Waals surface area contributed by atoms with Crippen molar-refractivity contribution in [2.24, 2.45) is 5.92 Å². The van der Waals surface area contributed by atoms with Crippen molar-refractivity contribution in [3.05, 3.63) is 29.8 Å². The van der Waals surface area contributed by atoms with Crippen molar-refractivity contribution >= 4 is 5.91 Å². The minimum atomic E-state index is -0.524. The highest BCUT2D eigenvalue weighted by Gasteiger charge is 2.15. The molecule has 2 atom stereocenters. The molecule has 112 valence electrons. The quantitative estimate of drug-likeness (QED) is 0.767. The van der Waals surface area contributed by atoms with Crippen LogP contribution in [0.2, 0.25) is 0 Å². The van der Waals surface area contributed by atoms with Crippen LogP contribution in [0, 0.1) is 12.8 Å². The Bertz CT molecular complexity index is 403. The molecule has 0 fully saturated rings. The van der Waals surface area contributed by atoms with Gasteiger partial charge in [0.25, 0.3) is 5.91 Å². The van der Waals surface area contributed by atoms with Gasteiger partial charge in [0, 0.05) is 13.2 Å². The van der Waals surface area contributed by atoms with E-state index in [2.05, 4.69) is 12.2 Å². The summed E-state index contributed by atoms with van der Waals surface area (Å²) >= 11 is 0. The first-order valence-electron chi connectivity index (χ1n) is 7.18. The highest BCUT2D eigenvalue weighted by Crippen LogP contribution is 2.13. The fourth-order valence-corrected chi connectivity index (χ4v) is 1.90. The summed E-state index contributed by atoms with van der Waals surface area (Å²) in [6.45, 7) is 6.54. The SMILES string of the molecule is CCC(CCO)CNC(=O)C(C)Oc1ccc(C)cc1. The molecule has 1 aromatic rings. The van der Waals surface area contributed by atoms with Crippen LogP contribution in [-0.2, 0) is 4.79 Å². The number of aryl methyl sites for hydroxylation is 1. The van der Waals surface area contributed by atoms with Crippen molar-refractivity contribution in [2.45, 2.75) is 39.7 Å². The number of benzene rings is 1. The maximum atomic E-state index is 11.9. The van der Waals surface area contributed by atoms with E-state index in [4.69, 9.17) is 9.84 Å². The van der Waals surface area contributed by atoms with Crippen LogP contribution in [0.3, 0.4) is 0 Å². The van der Waals surface area contributed by atoms with Crippen LogP contribution in [0.5, 0.6) is 5.75 Å². The van der Waals surface area contributed by atoms with E-state index in [0.717, 1.165) is 12.0 Å². The lowest BCUT2D eigenvalue weighted by Crippen LogP contribution is -2.39. The molecule has 0 aromatic heterocycles. The predicted octanol–water partition coefficient (Wildman–Crippen LogP) is 2.29. The van der Waals surface area contributed by atoms with Gasteiger partial charge in [0.1, 0.15) is 5.75 Å². The highest BCUT2D eigenvalue weighted by molar-refractivity contribution is 5.80. The Kier molecular flexibility index (Phi) is 7.09. The number of carbonyl (C=O) groups is 1.